The molecule has 1 aliphatic heterocycles. The fourth-order valence-corrected chi connectivity index (χ4v) is 4.20. The first-order valence-corrected chi connectivity index (χ1v) is 10.9. The number of amides is 1. The molecule has 2 aliphatic rings. The highest BCUT2D eigenvalue weighted by molar-refractivity contribution is 5.90. The van der Waals surface area contributed by atoms with Gasteiger partial charge >= 0.3 is 12.1 Å². The highest BCUT2D eigenvalue weighted by Gasteiger charge is 2.33. The third-order valence-corrected chi connectivity index (χ3v) is 5.84. The normalized spacial score (nSPS) is 18.7. The van der Waals surface area contributed by atoms with Crippen LogP contribution in [0.1, 0.15) is 73.5 Å². The molecule has 0 N–H and O–H groups in total. The number of pyridine rings is 1. The average Bonchev–Trinajstić information content (AvgIpc) is 3.47. The molecular weight excluding hydrogens is 392 g/mol. The molecule has 2 fully saturated rings. The standard InChI is InChI=1S/C25H30N2O4/c1-25(2,3)31-24(29)27-14-13-17(15-27)19-11-12-21(26-22(19)23(28)30-4)20-8-6-5-7-18(20)16-9-10-16/h5-8,11-12,16-17H,9-10,13-15H2,1-4H3. The van der Waals surface area contributed by atoms with E-state index in [0.29, 0.717) is 24.7 Å². The molecule has 2 aromatic rings. The Balaban J connectivity index is 1.62. The van der Waals surface area contributed by atoms with Gasteiger partial charge in [-0.3, -0.25) is 0 Å². The Kier molecular flexibility index (Phi) is 5.73. The smallest absolute Gasteiger partial charge is 0.410 e. The summed E-state index contributed by atoms with van der Waals surface area (Å²) in [6, 6.07) is 12.2. The van der Waals surface area contributed by atoms with Crippen LogP contribution in [0.4, 0.5) is 4.79 Å². The number of rotatable bonds is 4. The van der Waals surface area contributed by atoms with E-state index in [2.05, 4.69) is 18.2 Å². The summed E-state index contributed by atoms with van der Waals surface area (Å²) in [5.41, 5.74) is 3.77. The number of methoxy groups -OCH3 is 1. The molecule has 0 radical (unpaired) electrons. The van der Waals surface area contributed by atoms with E-state index in [-0.39, 0.29) is 12.0 Å². The first-order valence-electron chi connectivity index (χ1n) is 10.9. The van der Waals surface area contributed by atoms with Crippen molar-refractivity contribution in [2.45, 2.75) is 57.5 Å². The van der Waals surface area contributed by atoms with E-state index in [1.54, 1.807) is 4.90 Å². The molecule has 164 valence electrons. The average molecular weight is 423 g/mol. The van der Waals surface area contributed by atoms with Crippen LogP contribution in [0.2, 0.25) is 0 Å². The summed E-state index contributed by atoms with van der Waals surface area (Å²) in [6.07, 6.45) is 2.82. The predicted molar refractivity (Wildman–Crippen MR) is 118 cm³/mol. The molecule has 4 rings (SSSR count). The monoisotopic (exact) mass is 422 g/mol. The van der Waals surface area contributed by atoms with Crippen LogP contribution in [0.3, 0.4) is 0 Å². The van der Waals surface area contributed by atoms with Crippen molar-refractivity contribution in [3.8, 4) is 11.3 Å². The second kappa shape index (κ2) is 8.33. The maximum absolute atomic E-state index is 12.6. The van der Waals surface area contributed by atoms with Gasteiger partial charge in [0.2, 0.25) is 0 Å². The Morgan fingerprint density at radius 3 is 2.42 bits per heavy atom. The summed E-state index contributed by atoms with van der Waals surface area (Å²) in [7, 11) is 1.38. The number of ether oxygens (including phenoxy) is 2. The van der Waals surface area contributed by atoms with Gasteiger partial charge in [-0.2, -0.15) is 0 Å². The van der Waals surface area contributed by atoms with Crippen LogP contribution in [0, 0.1) is 0 Å². The lowest BCUT2D eigenvalue weighted by Gasteiger charge is -2.24. The molecule has 1 aliphatic carbocycles. The number of hydrogen-bond acceptors (Lipinski definition) is 5. The lowest BCUT2D eigenvalue weighted by molar-refractivity contribution is 0.0292. The zero-order valence-electron chi connectivity index (χ0n) is 18.7. The Morgan fingerprint density at radius 2 is 1.74 bits per heavy atom. The Labute approximate surface area is 183 Å². The number of esters is 1. The van der Waals surface area contributed by atoms with Gasteiger partial charge in [0.25, 0.3) is 0 Å². The number of hydrogen-bond donors (Lipinski definition) is 0. The highest BCUT2D eigenvalue weighted by atomic mass is 16.6. The van der Waals surface area contributed by atoms with Gasteiger partial charge in [0.15, 0.2) is 5.69 Å². The third kappa shape index (κ3) is 4.73. The van der Waals surface area contributed by atoms with Crippen LogP contribution in [-0.4, -0.2) is 47.7 Å². The fourth-order valence-electron chi connectivity index (χ4n) is 4.20. The molecule has 2 heterocycles. The lowest BCUT2D eigenvalue weighted by atomic mass is 9.94. The summed E-state index contributed by atoms with van der Waals surface area (Å²) in [4.78, 5) is 31.5. The minimum absolute atomic E-state index is 0.0156. The fraction of sp³-hybridized carbons (Fsp3) is 0.480. The van der Waals surface area contributed by atoms with E-state index in [4.69, 9.17) is 14.5 Å². The Hall–Kier alpha value is -2.89. The van der Waals surface area contributed by atoms with Crippen molar-refractivity contribution in [1.29, 1.82) is 0 Å². The van der Waals surface area contributed by atoms with Crippen LogP contribution in [-0.2, 0) is 9.47 Å². The number of likely N-dealkylation sites (tertiary alicyclic amines) is 1. The molecule has 1 saturated heterocycles. The summed E-state index contributed by atoms with van der Waals surface area (Å²) < 4.78 is 10.6. The van der Waals surface area contributed by atoms with E-state index in [1.807, 2.05) is 39.0 Å². The van der Waals surface area contributed by atoms with Crippen LogP contribution in [0.15, 0.2) is 36.4 Å². The number of carbonyl (C=O) groups is 2. The van der Waals surface area contributed by atoms with Crippen molar-refractivity contribution in [3.05, 3.63) is 53.2 Å². The van der Waals surface area contributed by atoms with Crippen molar-refractivity contribution < 1.29 is 19.1 Å². The summed E-state index contributed by atoms with van der Waals surface area (Å²) in [5, 5.41) is 0. The molecule has 1 saturated carbocycles. The van der Waals surface area contributed by atoms with Crippen molar-refractivity contribution >= 4 is 12.1 Å². The number of carbonyl (C=O) groups excluding carboxylic acids is 2. The van der Waals surface area contributed by atoms with Gasteiger partial charge in [0.1, 0.15) is 5.60 Å². The zero-order valence-corrected chi connectivity index (χ0v) is 18.7. The maximum atomic E-state index is 12.6. The quantitative estimate of drug-likeness (QED) is 0.639. The minimum atomic E-state index is -0.537. The summed E-state index contributed by atoms with van der Waals surface area (Å²) in [5.74, 6) is 0.148. The van der Waals surface area contributed by atoms with Crippen molar-refractivity contribution in [2.75, 3.05) is 20.2 Å². The van der Waals surface area contributed by atoms with Crippen molar-refractivity contribution in [2.24, 2.45) is 0 Å². The van der Waals surface area contributed by atoms with E-state index in [1.165, 1.54) is 25.5 Å². The van der Waals surface area contributed by atoms with Gasteiger partial charge in [-0.25, -0.2) is 14.6 Å². The van der Waals surface area contributed by atoms with Gasteiger partial charge in [-0.15, -0.1) is 0 Å². The van der Waals surface area contributed by atoms with Crippen molar-refractivity contribution in [1.82, 2.24) is 9.88 Å². The van der Waals surface area contributed by atoms with Crippen molar-refractivity contribution in [3.63, 3.8) is 0 Å². The van der Waals surface area contributed by atoms with Crippen LogP contribution < -0.4 is 0 Å². The minimum Gasteiger partial charge on any atom is -0.464 e. The zero-order chi connectivity index (χ0) is 22.2. The third-order valence-electron chi connectivity index (χ3n) is 5.84. The SMILES string of the molecule is COC(=O)c1nc(-c2ccccc2C2CC2)ccc1C1CCN(C(=O)OC(C)(C)C)C1. The van der Waals surface area contributed by atoms with Gasteiger partial charge in [-0.05, 0) is 63.1 Å². The first-order chi connectivity index (χ1) is 14.8. The van der Waals surface area contributed by atoms with E-state index in [9.17, 15) is 9.59 Å². The largest absolute Gasteiger partial charge is 0.464 e. The summed E-state index contributed by atoms with van der Waals surface area (Å²) in [6.45, 7) is 6.66. The molecule has 1 aromatic heterocycles. The molecule has 31 heavy (non-hydrogen) atoms. The first kappa shape index (κ1) is 21.3. The molecular formula is C25H30N2O4. The maximum Gasteiger partial charge on any atom is 0.410 e. The van der Waals surface area contributed by atoms with Gasteiger partial charge in [0, 0.05) is 24.6 Å². The van der Waals surface area contributed by atoms with E-state index in [0.717, 1.165) is 23.2 Å². The van der Waals surface area contributed by atoms with E-state index >= 15 is 0 Å². The molecule has 6 nitrogen and oxygen atoms in total. The van der Waals surface area contributed by atoms with E-state index < -0.39 is 11.6 Å². The van der Waals surface area contributed by atoms with Crippen LogP contribution in [0.5, 0.6) is 0 Å². The number of nitrogens with zero attached hydrogens (tertiary/aromatic N) is 2. The highest BCUT2D eigenvalue weighted by Crippen LogP contribution is 2.44. The molecule has 6 heteroatoms. The topological polar surface area (TPSA) is 68.7 Å². The Bertz CT molecular complexity index is 991. The second-order valence-corrected chi connectivity index (χ2v) is 9.40. The molecule has 1 aromatic carbocycles. The second-order valence-electron chi connectivity index (χ2n) is 9.40. The predicted octanol–water partition coefficient (Wildman–Crippen LogP) is 5.14. The van der Waals surface area contributed by atoms with Gasteiger partial charge in [0.05, 0.1) is 12.8 Å². The molecule has 1 atom stereocenters. The molecule has 1 unspecified atom stereocenters. The van der Waals surface area contributed by atoms with Gasteiger partial charge in [-0.1, -0.05) is 30.3 Å². The summed E-state index contributed by atoms with van der Waals surface area (Å²) >= 11 is 0. The van der Waals surface area contributed by atoms with Crippen LogP contribution >= 0.6 is 0 Å². The molecule has 0 bridgehead atoms. The Morgan fingerprint density at radius 1 is 1.00 bits per heavy atom. The number of benzene rings is 1. The van der Waals surface area contributed by atoms with Gasteiger partial charge < -0.3 is 14.4 Å². The number of aromatic nitrogens is 1. The molecule has 1 amide bonds. The van der Waals surface area contributed by atoms with Crippen LogP contribution in [0.25, 0.3) is 11.3 Å². The lowest BCUT2D eigenvalue weighted by Crippen LogP contribution is -2.35. The molecule has 0 spiro atoms.